The SMILES string of the molecule is CCCNC(=O)C(C)N(CCc1ccccc1)C(=O)CSCc1ccc(Cl)cc1Cl. The number of amides is 2. The van der Waals surface area contributed by atoms with Crippen LogP contribution in [-0.2, 0) is 21.8 Å². The highest BCUT2D eigenvalue weighted by atomic mass is 35.5. The lowest BCUT2D eigenvalue weighted by atomic mass is 10.1. The van der Waals surface area contributed by atoms with Gasteiger partial charge in [0.2, 0.25) is 11.8 Å². The van der Waals surface area contributed by atoms with Crippen molar-refractivity contribution >= 4 is 46.8 Å². The molecule has 1 N–H and O–H groups in total. The molecule has 0 bridgehead atoms. The highest BCUT2D eigenvalue weighted by Gasteiger charge is 2.25. The molecular weight excluding hydrogens is 439 g/mol. The predicted molar refractivity (Wildman–Crippen MR) is 127 cm³/mol. The standard InChI is InChI=1S/C23H28Cl2N2O2S/c1-3-12-26-23(29)17(2)27(13-11-18-7-5-4-6-8-18)22(28)16-30-15-19-9-10-20(24)14-21(19)25/h4-10,14,17H,3,11-13,15-16H2,1-2H3,(H,26,29). The lowest BCUT2D eigenvalue weighted by Gasteiger charge is -2.28. The summed E-state index contributed by atoms with van der Waals surface area (Å²) in [5.74, 6) is 0.702. The third kappa shape index (κ3) is 7.86. The normalized spacial score (nSPS) is 11.7. The van der Waals surface area contributed by atoms with E-state index in [4.69, 9.17) is 23.2 Å². The van der Waals surface area contributed by atoms with Crippen LogP contribution in [0.4, 0.5) is 0 Å². The molecule has 0 heterocycles. The summed E-state index contributed by atoms with van der Waals surface area (Å²) in [6.07, 6.45) is 1.56. The van der Waals surface area contributed by atoms with Gasteiger partial charge >= 0.3 is 0 Å². The van der Waals surface area contributed by atoms with E-state index in [-0.39, 0.29) is 17.6 Å². The number of nitrogens with zero attached hydrogens (tertiary/aromatic N) is 1. The molecular formula is C23H28Cl2N2O2S. The van der Waals surface area contributed by atoms with Gasteiger partial charge in [0.1, 0.15) is 6.04 Å². The van der Waals surface area contributed by atoms with Gasteiger partial charge in [-0.2, -0.15) is 0 Å². The molecule has 0 aliphatic heterocycles. The Morgan fingerprint density at radius 1 is 1.13 bits per heavy atom. The summed E-state index contributed by atoms with van der Waals surface area (Å²) >= 11 is 13.6. The molecule has 2 rings (SSSR count). The zero-order chi connectivity index (χ0) is 21.9. The molecule has 1 unspecified atom stereocenters. The van der Waals surface area contributed by atoms with Crippen LogP contribution in [-0.4, -0.2) is 41.6 Å². The molecule has 0 aliphatic carbocycles. The van der Waals surface area contributed by atoms with Crippen LogP contribution < -0.4 is 5.32 Å². The van der Waals surface area contributed by atoms with Crippen LogP contribution in [0.5, 0.6) is 0 Å². The third-order valence-electron chi connectivity index (χ3n) is 4.70. The average molecular weight is 467 g/mol. The molecule has 162 valence electrons. The van der Waals surface area contributed by atoms with E-state index in [1.165, 1.54) is 11.8 Å². The van der Waals surface area contributed by atoms with Crippen molar-refractivity contribution in [1.29, 1.82) is 0 Å². The topological polar surface area (TPSA) is 49.4 Å². The lowest BCUT2D eigenvalue weighted by molar-refractivity contribution is -0.137. The predicted octanol–water partition coefficient (Wildman–Crippen LogP) is 5.21. The monoisotopic (exact) mass is 466 g/mol. The van der Waals surface area contributed by atoms with Crippen LogP contribution in [0.25, 0.3) is 0 Å². The Labute approximate surface area is 193 Å². The van der Waals surface area contributed by atoms with Crippen molar-refractivity contribution in [1.82, 2.24) is 10.2 Å². The minimum atomic E-state index is -0.521. The fourth-order valence-corrected chi connectivity index (χ4v) is 4.40. The van der Waals surface area contributed by atoms with Gasteiger partial charge in [0.25, 0.3) is 0 Å². The van der Waals surface area contributed by atoms with Crippen molar-refractivity contribution in [2.45, 2.75) is 38.5 Å². The number of nitrogens with one attached hydrogen (secondary N) is 1. The van der Waals surface area contributed by atoms with Crippen LogP contribution in [0, 0.1) is 0 Å². The van der Waals surface area contributed by atoms with Gasteiger partial charge < -0.3 is 10.2 Å². The van der Waals surface area contributed by atoms with Crippen LogP contribution >= 0.6 is 35.0 Å². The summed E-state index contributed by atoms with van der Waals surface area (Å²) in [4.78, 5) is 27.1. The highest BCUT2D eigenvalue weighted by Crippen LogP contribution is 2.25. The average Bonchev–Trinajstić information content (AvgIpc) is 2.74. The van der Waals surface area contributed by atoms with E-state index < -0.39 is 6.04 Å². The van der Waals surface area contributed by atoms with E-state index in [0.717, 1.165) is 17.5 Å². The second-order valence-corrected chi connectivity index (χ2v) is 8.85. The Balaban J connectivity index is 1.99. The van der Waals surface area contributed by atoms with E-state index in [0.29, 0.717) is 35.3 Å². The number of carbonyl (C=O) groups excluding carboxylic acids is 2. The van der Waals surface area contributed by atoms with Crippen LogP contribution in [0.1, 0.15) is 31.4 Å². The van der Waals surface area contributed by atoms with Crippen molar-refractivity contribution in [2.24, 2.45) is 0 Å². The van der Waals surface area contributed by atoms with Gasteiger partial charge in [-0.05, 0) is 43.0 Å². The number of carbonyl (C=O) groups is 2. The van der Waals surface area contributed by atoms with E-state index in [1.807, 2.05) is 43.3 Å². The maximum absolute atomic E-state index is 13.0. The summed E-state index contributed by atoms with van der Waals surface area (Å²) in [6, 6.07) is 14.8. The summed E-state index contributed by atoms with van der Waals surface area (Å²) in [7, 11) is 0. The largest absolute Gasteiger partial charge is 0.354 e. The minimum absolute atomic E-state index is 0.0554. The number of benzene rings is 2. The first-order valence-corrected chi connectivity index (χ1v) is 12.0. The van der Waals surface area contributed by atoms with E-state index in [1.54, 1.807) is 24.0 Å². The van der Waals surface area contributed by atoms with Crippen LogP contribution in [0.15, 0.2) is 48.5 Å². The van der Waals surface area contributed by atoms with Gasteiger partial charge in [0, 0.05) is 28.9 Å². The first-order valence-electron chi connectivity index (χ1n) is 10.0. The second-order valence-electron chi connectivity index (χ2n) is 7.02. The molecule has 0 saturated heterocycles. The number of thioether (sulfide) groups is 1. The summed E-state index contributed by atoms with van der Waals surface area (Å²) in [5, 5.41) is 4.07. The lowest BCUT2D eigenvalue weighted by Crippen LogP contribution is -2.49. The summed E-state index contributed by atoms with van der Waals surface area (Å²) in [5.41, 5.74) is 2.07. The van der Waals surface area contributed by atoms with Crippen molar-refractivity contribution < 1.29 is 9.59 Å². The number of hydrogen-bond donors (Lipinski definition) is 1. The molecule has 7 heteroatoms. The zero-order valence-electron chi connectivity index (χ0n) is 17.4. The second kappa shape index (κ2) is 12.9. The third-order valence-corrected chi connectivity index (χ3v) is 6.25. The summed E-state index contributed by atoms with van der Waals surface area (Å²) in [6.45, 7) is 4.88. The van der Waals surface area contributed by atoms with E-state index >= 15 is 0 Å². The van der Waals surface area contributed by atoms with Gasteiger partial charge in [0.05, 0.1) is 5.75 Å². The smallest absolute Gasteiger partial charge is 0.242 e. The van der Waals surface area contributed by atoms with Gasteiger partial charge in [-0.3, -0.25) is 9.59 Å². The highest BCUT2D eigenvalue weighted by molar-refractivity contribution is 7.99. The first-order chi connectivity index (χ1) is 14.4. The van der Waals surface area contributed by atoms with E-state index in [9.17, 15) is 9.59 Å². The molecule has 2 aromatic carbocycles. The molecule has 1 atom stereocenters. The van der Waals surface area contributed by atoms with Gasteiger partial charge in [-0.15, -0.1) is 11.8 Å². The quantitative estimate of drug-likeness (QED) is 0.494. The van der Waals surface area contributed by atoms with Crippen molar-refractivity contribution in [3.8, 4) is 0 Å². The fourth-order valence-electron chi connectivity index (χ4n) is 2.94. The summed E-state index contributed by atoms with van der Waals surface area (Å²) < 4.78 is 0. The Hall–Kier alpha value is -1.69. The molecule has 2 aromatic rings. The van der Waals surface area contributed by atoms with Crippen LogP contribution in [0.2, 0.25) is 10.0 Å². The molecule has 30 heavy (non-hydrogen) atoms. The first kappa shape index (κ1) is 24.6. The number of rotatable bonds is 11. The van der Waals surface area contributed by atoms with Gasteiger partial charge in [-0.25, -0.2) is 0 Å². The van der Waals surface area contributed by atoms with Crippen molar-refractivity contribution in [3.05, 3.63) is 69.7 Å². The van der Waals surface area contributed by atoms with Crippen molar-refractivity contribution in [3.63, 3.8) is 0 Å². The molecule has 0 fully saturated rings. The molecule has 0 aromatic heterocycles. The molecule has 0 radical (unpaired) electrons. The Bertz CT molecular complexity index is 833. The Morgan fingerprint density at radius 2 is 1.87 bits per heavy atom. The molecule has 4 nitrogen and oxygen atoms in total. The fraction of sp³-hybridized carbons (Fsp3) is 0.391. The van der Waals surface area contributed by atoms with E-state index in [2.05, 4.69) is 5.32 Å². The van der Waals surface area contributed by atoms with Gasteiger partial charge in [0.15, 0.2) is 0 Å². The Kier molecular flexibility index (Phi) is 10.6. The zero-order valence-corrected chi connectivity index (χ0v) is 19.7. The molecule has 0 saturated carbocycles. The number of halogens is 2. The maximum Gasteiger partial charge on any atom is 0.242 e. The maximum atomic E-state index is 13.0. The minimum Gasteiger partial charge on any atom is -0.354 e. The van der Waals surface area contributed by atoms with Gasteiger partial charge in [-0.1, -0.05) is 66.5 Å². The molecule has 0 spiro atoms. The number of hydrogen-bond acceptors (Lipinski definition) is 3. The molecule has 0 aliphatic rings. The Morgan fingerprint density at radius 3 is 2.53 bits per heavy atom. The van der Waals surface area contributed by atoms with Crippen molar-refractivity contribution in [2.75, 3.05) is 18.8 Å². The molecule has 2 amide bonds. The van der Waals surface area contributed by atoms with Crippen LogP contribution in [0.3, 0.4) is 0 Å².